The predicted octanol–water partition coefficient (Wildman–Crippen LogP) is 6.95. The van der Waals surface area contributed by atoms with Crippen LogP contribution in [-0.2, 0) is 23.2 Å². The zero-order valence-corrected chi connectivity index (χ0v) is 22.2. The maximum Gasteiger partial charge on any atom is 0.230 e. The van der Waals surface area contributed by atoms with Gasteiger partial charge >= 0.3 is 0 Å². The van der Waals surface area contributed by atoms with E-state index in [1.807, 2.05) is 37.4 Å². The van der Waals surface area contributed by atoms with Gasteiger partial charge in [-0.25, -0.2) is 4.39 Å². The van der Waals surface area contributed by atoms with Gasteiger partial charge in [-0.15, -0.1) is 0 Å². The molecule has 5 nitrogen and oxygen atoms in total. The largest absolute Gasteiger partial charge is 0.308 e. The molecule has 6 heteroatoms. The lowest BCUT2D eigenvalue weighted by Gasteiger charge is -2.30. The summed E-state index contributed by atoms with van der Waals surface area (Å²) in [6, 6.07) is 18.0. The number of anilines is 1. The Labute approximate surface area is 229 Å². The van der Waals surface area contributed by atoms with E-state index in [2.05, 4.69) is 5.10 Å². The van der Waals surface area contributed by atoms with Crippen molar-refractivity contribution < 1.29 is 15.4 Å². The third-order valence-corrected chi connectivity index (χ3v) is 8.30. The van der Waals surface area contributed by atoms with Crippen molar-refractivity contribution >= 4 is 34.4 Å². The standard InChI is InChI=1S/C33H32FN3O2/c1-21(38)6-7-22-4-3-5-29(15-22)37(33(39)30-16-23-8-9-26(30)14-23)20-27-11-10-25(18-31(27)34)24-12-13-32-28(17-24)19-35-36(32)2/h3-7,10-13,15,17-19,23,26,30H,8-9,14,16,20H2,1-2H3/b7-6+/t23-,26+,30-/m1/s1/i20D/t20?,23-,26+,30-. The minimum absolute atomic E-state index is 0.0801. The van der Waals surface area contributed by atoms with Gasteiger partial charge in [-0.05, 0) is 91.1 Å². The summed E-state index contributed by atoms with van der Waals surface area (Å²) in [6.45, 7) is 0.223. The van der Waals surface area contributed by atoms with E-state index in [0.717, 1.165) is 47.7 Å². The Bertz CT molecular complexity index is 1640. The molecule has 0 spiro atoms. The number of fused-ring (bicyclic) bond motifs is 3. The molecule has 6 rings (SSSR count). The maximum atomic E-state index is 15.7. The number of nitrogens with zero attached hydrogens (tertiary/aromatic N) is 3. The summed E-state index contributed by atoms with van der Waals surface area (Å²) in [7, 11) is 1.88. The Morgan fingerprint density at radius 2 is 1.92 bits per heavy atom. The molecule has 2 fully saturated rings. The van der Waals surface area contributed by atoms with Gasteiger partial charge in [0.1, 0.15) is 5.82 Å². The Morgan fingerprint density at radius 1 is 1.10 bits per heavy atom. The van der Waals surface area contributed by atoms with Gasteiger partial charge in [-0.3, -0.25) is 14.3 Å². The van der Waals surface area contributed by atoms with Crippen molar-refractivity contribution in [2.24, 2.45) is 24.8 Å². The van der Waals surface area contributed by atoms with E-state index >= 15 is 4.39 Å². The van der Waals surface area contributed by atoms with Crippen molar-refractivity contribution in [3.05, 3.63) is 89.9 Å². The van der Waals surface area contributed by atoms with E-state index in [1.165, 1.54) is 24.0 Å². The quantitative estimate of drug-likeness (QED) is 0.247. The summed E-state index contributed by atoms with van der Waals surface area (Å²) in [6.07, 6.45) is 9.02. The van der Waals surface area contributed by atoms with Crippen LogP contribution in [0.5, 0.6) is 0 Å². The minimum atomic E-state index is -1.26. The Balaban J connectivity index is 1.36. The summed E-state index contributed by atoms with van der Waals surface area (Å²) in [4.78, 5) is 27.0. The molecule has 2 saturated carbocycles. The number of hydrogen-bond acceptors (Lipinski definition) is 3. The van der Waals surface area contributed by atoms with E-state index in [1.54, 1.807) is 41.2 Å². The van der Waals surface area contributed by atoms with E-state index in [0.29, 0.717) is 23.1 Å². The smallest absolute Gasteiger partial charge is 0.230 e. The second-order valence-electron chi connectivity index (χ2n) is 10.9. The van der Waals surface area contributed by atoms with E-state index < -0.39 is 12.3 Å². The third-order valence-electron chi connectivity index (χ3n) is 8.30. The molecule has 2 aliphatic rings. The Hall–Kier alpha value is -4.06. The first kappa shape index (κ1) is 24.0. The predicted molar refractivity (Wildman–Crippen MR) is 152 cm³/mol. The molecule has 1 amide bonds. The average Bonchev–Trinajstić information content (AvgIpc) is 3.68. The zero-order valence-electron chi connectivity index (χ0n) is 23.2. The van der Waals surface area contributed by atoms with Gasteiger partial charge in [0.2, 0.25) is 5.91 Å². The Morgan fingerprint density at radius 3 is 2.67 bits per heavy atom. The highest BCUT2D eigenvalue weighted by Gasteiger charge is 2.44. The summed E-state index contributed by atoms with van der Waals surface area (Å²) >= 11 is 0. The van der Waals surface area contributed by atoms with Crippen molar-refractivity contribution in [2.45, 2.75) is 39.1 Å². The number of ketones is 1. The van der Waals surface area contributed by atoms with Crippen LogP contribution in [0, 0.1) is 23.6 Å². The van der Waals surface area contributed by atoms with Crippen LogP contribution in [0.3, 0.4) is 0 Å². The highest BCUT2D eigenvalue weighted by atomic mass is 19.1. The topological polar surface area (TPSA) is 55.2 Å². The molecule has 0 aliphatic heterocycles. The molecule has 39 heavy (non-hydrogen) atoms. The van der Waals surface area contributed by atoms with E-state index in [9.17, 15) is 11.0 Å². The SMILES string of the molecule is [2H]C(c1ccc(-c2ccc3c(cnn3C)c2)cc1F)N(C(=O)[C@@H]1C[C@@H]2CC[C@H]1C2)c1cccc(/C=C/C(C)=O)c1. The van der Waals surface area contributed by atoms with Crippen LogP contribution >= 0.6 is 0 Å². The number of aryl methyl sites for hydroxylation is 1. The van der Waals surface area contributed by atoms with Gasteiger partial charge in [0.25, 0.3) is 0 Å². The van der Waals surface area contributed by atoms with Crippen LogP contribution in [0.15, 0.2) is 72.9 Å². The lowest BCUT2D eigenvalue weighted by Crippen LogP contribution is -2.38. The molecular formula is C33H32FN3O2. The van der Waals surface area contributed by atoms with Gasteiger partial charge in [0, 0.05) is 29.6 Å². The molecule has 2 bridgehead atoms. The molecule has 3 aromatic carbocycles. The lowest BCUT2D eigenvalue weighted by atomic mass is 9.87. The number of rotatable bonds is 7. The number of aromatic nitrogens is 2. The molecule has 1 aromatic heterocycles. The van der Waals surface area contributed by atoms with Crippen molar-refractivity contribution in [1.82, 2.24) is 9.78 Å². The third kappa shape index (κ3) is 5.03. The fourth-order valence-electron chi connectivity index (χ4n) is 6.28. The van der Waals surface area contributed by atoms with Gasteiger partial charge in [0.15, 0.2) is 5.78 Å². The van der Waals surface area contributed by atoms with Crippen molar-refractivity contribution in [2.75, 3.05) is 4.90 Å². The fraction of sp³-hybridized carbons (Fsp3) is 0.303. The van der Waals surface area contributed by atoms with Crippen molar-refractivity contribution in [3.63, 3.8) is 0 Å². The molecular weight excluding hydrogens is 489 g/mol. The van der Waals surface area contributed by atoms with Crippen molar-refractivity contribution in [3.8, 4) is 11.1 Å². The van der Waals surface area contributed by atoms with Crippen molar-refractivity contribution in [1.29, 1.82) is 0 Å². The number of halogens is 1. The fourth-order valence-corrected chi connectivity index (χ4v) is 6.28. The van der Waals surface area contributed by atoms with E-state index in [-0.39, 0.29) is 23.2 Å². The second-order valence-corrected chi connectivity index (χ2v) is 10.9. The average molecular weight is 523 g/mol. The van der Waals surface area contributed by atoms with Gasteiger partial charge in [-0.2, -0.15) is 5.10 Å². The number of amides is 1. The molecule has 198 valence electrons. The monoisotopic (exact) mass is 522 g/mol. The van der Waals surface area contributed by atoms with Crippen LogP contribution in [0.2, 0.25) is 0 Å². The van der Waals surface area contributed by atoms with Crippen LogP contribution < -0.4 is 4.90 Å². The summed E-state index contributed by atoms with van der Waals surface area (Å²) < 4.78 is 26.7. The van der Waals surface area contributed by atoms with Crippen LogP contribution in [-0.4, -0.2) is 21.5 Å². The molecule has 4 atom stereocenters. The van der Waals surface area contributed by atoms with E-state index in [4.69, 9.17) is 0 Å². The number of hydrogen-bond donors (Lipinski definition) is 0. The first-order valence-corrected chi connectivity index (χ1v) is 13.5. The van der Waals surface area contributed by atoms with Crippen LogP contribution in [0.1, 0.15) is 45.1 Å². The summed E-state index contributed by atoms with van der Waals surface area (Å²) in [5, 5.41) is 5.24. The number of carbonyl (C=O) groups excluding carboxylic acids is 2. The highest BCUT2D eigenvalue weighted by molar-refractivity contribution is 5.96. The zero-order chi connectivity index (χ0) is 28.0. The molecule has 0 radical (unpaired) electrons. The lowest BCUT2D eigenvalue weighted by molar-refractivity contribution is -0.124. The number of allylic oxidation sites excluding steroid dienone is 1. The summed E-state index contributed by atoms with van der Waals surface area (Å²) in [5.41, 5.74) is 3.96. The second kappa shape index (κ2) is 10.3. The first-order chi connectivity index (χ1) is 19.3. The highest BCUT2D eigenvalue weighted by Crippen LogP contribution is 2.49. The summed E-state index contributed by atoms with van der Waals surface area (Å²) in [5.74, 6) is -0.00163. The first-order valence-electron chi connectivity index (χ1n) is 14.1. The molecule has 1 unspecified atom stereocenters. The van der Waals surface area contributed by atoms with Crippen LogP contribution in [0.4, 0.5) is 10.1 Å². The van der Waals surface area contributed by atoms with Gasteiger partial charge in [-0.1, -0.05) is 42.8 Å². The normalized spacial score (nSPS) is 21.4. The van der Waals surface area contributed by atoms with Crippen LogP contribution in [0.25, 0.3) is 28.1 Å². The number of benzene rings is 3. The Kier molecular flexibility index (Phi) is 6.31. The minimum Gasteiger partial charge on any atom is -0.308 e. The van der Waals surface area contributed by atoms with Gasteiger partial charge in [0.05, 0.1) is 19.6 Å². The maximum absolute atomic E-state index is 15.7. The molecule has 0 saturated heterocycles. The molecule has 4 aromatic rings. The number of carbonyl (C=O) groups is 2. The van der Waals surface area contributed by atoms with Gasteiger partial charge < -0.3 is 4.90 Å². The molecule has 2 aliphatic carbocycles. The molecule has 0 N–H and O–H groups in total. The molecule has 1 heterocycles.